The van der Waals surface area contributed by atoms with Gasteiger partial charge in [-0.15, -0.1) is 11.8 Å². The molecular weight excluding hydrogens is 361 g/mol. The molecule has 0 heterocycles. The summed E-state index contributed by atoms with van der Waals surface area (Å²) in [4.78, 5) is 13.4. The van der Waals surface area contributed by atoms with Gasteiger partial charge in [-0.25, -0.2) is 0 Å². The Morgan fingerprint density at radius 2 is 1.68 bits per heavy atom. The Labute approximate surface area is 149 Å². The van der Waals surface area contributed by atoms with Crippen LogP contribution in [-0.4, -0.2) is 11.2 Å². The number of para-hydroxylation sites is 1. The first kappa shape index (κ1) is 17.5. The van der Waals surface area contributed by atoms with Crippen LogP contribution in [0.25, 0.3) is 0 Å². The van der Waals surface area contributed by atoms with Gasteiger partial charge in [0.1, 0.15) is 0 Å². The molecule has 2 rings (SSSR count). The summed E-state index contributed by atoms with van der Waals surface area (Å²) < 4.78 is 0. The number of rotatable bonds is 5. The van der Waals surface area contributed by atoms with E-state index in [0.29, 0.717) is 27.2 Å². The third-order valence-electron chi connectivity index (χ3n) is 2.97. The quantitative estimate of drug-likeness (QED) is 0.635. The summed E-state index contributed by atoms with van der Waals surface area (Å²) in [6.45, 7) is 1.96. The average molecular weight is 375 g/mol. The third-order valence-corrected chi connectivity index (χ3v) is 5.22. The molecule has 0 aromatic heterocycles. The van der Waals surface area contributed by atoms with E-state index in [2.05, 4.69) is 5.32 Å². The zero-order valence-corrected chi connectivity index (χ0v) is 14.9. The first-order valence-corrected chi connectivity index (χ1v) is 8.69. The van der Waals surface area contributed by atoms with Crippen LogP contribution in [0.15, 0.2) is 47.4 Å². The smallest absolute Gasteiger partial charge is 0.237 e. The Kier molecular flexibility index (Phi) is 6.45. The standard InChI is InChI=1S/C16H14Cl3NOS/c1-2-14(22-11-8-6-10(17)7-9-11)16(21)20-15-12(18)4-3-5-13(15)19/h3-9,14H,2H2,1H3,(H,20,21). The van der Waals surface area contributed by atoms with E-state index in [9.17, 15) is 4.79 Å². The third kappa shape index (κ3) is 4.56. The molecular formula is C16H14Cl3NOS. The van der Waals surface area contributed by atoms with Crippen molar-refractivity contribution in [3.05, 3.63) is 57.5 Å². The highest BCUT2D eigenvalue weighted by Gasteiger charge is 2.20. The highest BCUT2D eigenvalue weighted by molar-refractivity contribution is 8.00. The van der Waals surface area contributed by atoms with Crippen molar-refractivity contribution in [2.24, 2.45) is 0 Å². The van der Waals surface area contributed by atoms with Gasteiger partial charge in [0.15, 0.2) is 0 Å². The normalized spacial score (nSPS) is 12.0. The molecule has 0 spiro atoms. The van der Waals surface area contributed by atoms with E-state index in [1.807, 2.05) is 19.1 Å². The summed E-state index contributed by atoms with van der Waals surface area (Å²) in [5.74, 6) is -0.127. The second-order valence-corrected chi connectivity index (χ2v) is 7.08. The predicted molar refractivity (Wildman–Crippen MR) is 96.5 cm³/mol. The van der Waals surface area contributed by atoms with E-state index < -0.39 is 0 Å². The fourth-order valence-corrected chi connectivity index (χ4v) is 3.39. The molecule has 1 atom stereocenters. The fourth-order valence-electron chi connectivity index (χ4n) is 1.82. The van der Waals surface area contributed by atoms with Gasteiger partial charge in [0.25, 0.3) is 0 Å². The lowest BCUT2D eigenvalue weighted by Crippen LogP contribution is -2.24. The molecule has 0 bridgehead atoms. The van der Waals surface area contributed by atoms with Gasteiger partial charge < -0.3 is 5.32 Å². The summed E-state index contributed by atoms with van der Waals surface area (Å²) >= 11 is 19.5. The average Bonchev–Trinajstić information content (AvgIpc) is 2.50. The lowest BCUT2D eigenvalue weighted by atomic mass is 10.2. The van der Waals surface area contributed by atoms with Gasteiger partial charge >= 0.3 is 0 Å². The van der Waals surface area contributed by atoms with Gasteiger partial charge in [-0.3, -0.25) is 4.79 Å². The first-order valence-electron chi connectivity index (χ1n) is 6.68. The number of anilines is 1. The molecule has 116 valence electrons. The maximum atomic E-state index is 12.4. The zero-order chi connectivity index (χ0) is 16.1. The molecule has 6 heteroatoms. The Bertz CT molecular complexity index is 641. The van der Waals surface area contributed by atoms with Gasteiger partial charge in [0.05, 0.1) is 21.0 Å². The molecule has 2 aromatic carbocycles. The van der Waals surface area contributed by atoms with Crippen LogP contribution in [0.5, 0.6) is 0 Å². The molecule has 0 saturated carbocycles. The second kappa shape index (κ2) is 8.11. The molecule has 2 nitrogen and oxygen atoms in total. The van der Waals surface area contributed by atoms with Gasteiger partial charge in [0, 0.05) is 9.92 Å². The number of halogens is 3. The maximum absolute atomic E-state index is 12.4. The van der Waals surface area contributed by atoms with Gasteiger partial charge in [0.2, 0.25) is 5.91 Å². The van der Waals surface area contributed by atoms with Gasteiger partial charge in [-0.1, -0.05) is 47.8 Å². The lowest BCUT2D eigenvalue weighted by molar-refractivity contribution is -0.115. The molecule has 1 amide bonds. The number of nitrogens with one attached hydrogen (secondary N) is 1. The molecule has 1 N–H and O–H groups in total. The monoisotopic (exact) mass is 373 g/mol. The number of carbonyl (C=O) groups is 1. The number of amides is 1. The van der Waals surface area contributed by atoms with E-state index in [1.165, 1.54) is 11.8 Å². The largest absolute Gasteiger partial charge is 0.323 e. The molecule has 0 aliphatic carbocycles. The van der Waals surface area contributed by atoms with Crippen molar-refractivity contribution in [1.29, 1.82) is 0 Å². The molecule has 0 aliphatic heterocycles. The van der Waals surface area contributed by atoms with Crippen molar-refractivity contribution in [3.8, 4) is 0 Å². The van der Waals surface area contributed by atoms with Crippen molar-refractivity contribution in [3.63, 3.8) is 0 Å². The second-order valence-electron chi connectivity index (χ2n) is 4.55. The Morgan fingerprint density at radius 1 is 1.09 bits per heavy atom. The molecule has 0 fully saturated rings. The highest BCUT2D eigenvalue weighted by atomic mass is 35.5. The van der Waals surface area contributed by atoms with Crippen LogP contribution in [-0.2, 0) is 4.79 Å². The summed E-state index contributed by atoms with van der Waals surface area (Å²) in [6, 6.07) is 12.5. The van der Waals surface area contributed by atoms with Crippen LogP contribution in [0.3, 0.4) is 0 Å². The van der Waals surface area contributed by atoms with Crippen LogP contribution >= 0.6 is 46.6 Å². The van der Waals surface area contributed by atoms with Crippen LogP contribution < -0.4 is 5.32 Å². The van der Waals surface area contributed by atoms with E-state index >= 15 is 0 Å². The molecule has 22 heavy (non-hydrogen) atoms. The van der Waals surface area contributed by atoms with Crippen molar-refractivity contribution in [2.75, 3.05) is 5.32 Å². The summed E-state index contributed by atoms with van der Waals surface area (Å²) in [6.07, 6.45) is 0.682. The number of benzene rings is 2. The van der Waals surface area contributed by atoms with Crippen LogP contribution in [0.2, 0.25) is 15.1 Å². The number of carbonyl (C=O) groups excluding carboxylic acids is 1. The predicted octanol–water partition coefficient (Wildman–Crippen LogP) is 6.16. The number of thioether (sulfide) groups is 1. The fraction of sp³-hybridized carbons (Fsp3) is 0.188. The van der Waals surface area contributed by atoms with Crippen LogP contribution in [0, 0.1) is 0 Å². The van der Waals surface area contributed by atoms with Crippen LogP contribution in [0.1, 0.15) is 13.3 Å². The van der Waals surface area contributed by atoms with Crippen molar-refractivity contribution >= 4 is 58.2 Å². The van der Waals surface area contributed by atoms with Crippen molar-refractivity contribution in [1.82, 2.24) is 0 Å². The SMILES string of the molecule is CCC(Sc1ccc(Cl)cc1)C(=O)Nc1c(Cl)cccc1Cl. The molecule has 0 radical (unpaired) electrons. The summed E-state index contributed by atoms with van der Waals surface area (Å²) in [7, 11) is 0. The van der Waals surface area contributed by atoms with Crippen molar-refractivity contribution in [2.45, 2.75) is 23.5 Å². The van der Waals surface area contributed by atoms with E-state index in [-0.39, 0.29) is 11.2 Å². The van der Waals surface area contributed by atoms with E-state index in [1.54, 1.807) is 30.3 Å². The van der Waals surface area contributed by atoms with Crippen LogP contribution in [0.4, 0.5) is 5.69 Å². The minimum absolute atomic E-state index is 0.127. The Hall–Kier alpha value is -0.870. The maximum Gasteiger partial charge on any atom is 0.237 e. The van der Waals surface area contributed by atoms with Gasteiger partial charge in [-0.2, -0.15) is 0 Å². The Morgan fingerprint density at radius 3 is 2.23 bits per heavy atom. The number of hydrogen-bond acceptors (Lipinski definition) is 2. The Balaban J connectivity index is 2.10. The van der Waals surface area contributed by atoms with E-state index in [0.717, 1.165) is 4.90 Å². The van der Waals surface area contributed by atoms with Crippen molar-refractivity contribution < 1.29 is 4.79 Å². The van der Waals surface area contributed by atoms with Gasteiger partial charge in [-0.05, 0) is 42.8 Å². The van der Waals surface area contributed by atoms with E-state index in [4.69, 9.17) is 34.8 Å². The minimum atomic E-state index is -0.242. The first-order chi connectivity index (χ1) is 10.5. The summed E-state index contributed by atoms with van der Waals surface area (Å²) in [5, 5.41) is 4.09. The molecule has 1 unspecified atom stereocenters. The molecule has 0 saturated heterocycles. The highest BCUT2D eigenvalue weighted by Crippen LogP contribution is 2.32. The summed E-state index contributed by atoms with van der Waals surface area (Å²) in [5.41, 5.74) is 0.450. The topological polar surface area (TPSA) is 29.1 Å². The number of hydrogen-bond donors (Lipinski definition) is 1. The molecule has 2 aromatic rings. The molecule has 0 aliphatic rings. The minimum Gasteiger partial charge on any atom is -0.323 e. The lowest BCUT2D eigenvalue weighted by Gasteiger charge is -2.16. The zero-order valence-electron chi connectivity index (χ0n) is 11.8.